The second-order valence-corrected chi connectivity index (χ2v) is 5.50. The largest absolute Gasteiger partial charge is 0.397 e. The molecular weight excluding hydrogens is 313 g/mol. The fourth-order valence-corrected chi connectivity index (χ4v) is 2.79. The van der Waals surface area contributed by atoms with Crippen LogP contribution in [0.5, 0.6) is 0 Å². The van der Waals surface area contributed by atoms with E-state index in [2.05, 4.69) is 21.2 Å². The lowest BCUT2D eigenvalue weighted by Crippen LogP contribution is -2.49. The van der Waals surface area contributed by atoms with Crippen molar-refractivity contribution in [3.63, 3.8) is 0 Å². The Kier molecular flexibility index (Phi) is 4.29. The first-order valence-electron chi connectivity index (χ1n) is 6.27. The van der Waals surface area contributed by atoms with Gasteiger partial charge >= 0.3 is 0 Å². The van der Waals surface area contributed by atoms with E-state index in [9.17, 15) is 9.18 Å². The molecule has 19 heavy (non-hydrogen) atoms. The summed E-state index contributed by atoms with van der Waals surface area (Å²) >= 11 is 3.16. The van der Waals surface area contributed by atoms with Gasteiger partial charge in [0.25, 0.3) is 0 Å². The van der Waals surface area contributed by atoms with Gasteiger partial charge in [0.05, 0.1) is 15.8 Å². The second kappa shape index (κ2) is 5.77. The average molecular weight is 330 g/mol. The molecule has 1 atom stereocenters. The molecule has 1 saturated heterocycles. The van der Waals surface area contributed by atoms with Crippen molar-refractivity contribution in [1.82, 2.24) is 5.32 Å². The Hall–Kier alpha value is -1.30. The maximum absolute atomic E-state index is 13.4. The van der Waals surface area contributed by atoms with Gasteiger partial charge in [-0.1, -0.05) is 0 Å². The van der Waals surface area contributed by atoms with E-state index in [0.29, 0.717) is 15.8 Å². The average Bonchev–Trinajstić information content (AvgIpc) is 2.42. The van der Waals surface area contributed by atoms with Gasteiger partial charge in [0.2, 0.25) is 5.91 Å². The lowest BCUT2D eigenvalue weighted by atomic mass is 10.00. The summed E-state index contributed by atoms with van der Waals surface area (Å²) in [7, 11) is 1.62. The van der Waals surface area contributed by atoms with Crippen molar-refractivity contribution in [2.75, 3.05) is 24.2 Å². The minimum absolute atomic E-state index is 0.0282. The Bertz CT molecular complexity index is 495. The standard InChI is InChI=1S/C13H17BrFN3O/c1-17-13(19)11-4-2-3-5-18(11)12-6-8(14)9(15)7-10(12)16/h6-7,11H,2-5,16H2,1H3,(H,17,19). The molecule has 1 aliphatic rings. The highest BCUT2D eigenvalue weighted by atomic mass is 79.9. The summed E-state index contributed by atoms with van der Waals surface area (Å²) in [4.78, 5) is 13.9. The lowest BCUT2D eigenvalue weighted by Gasteiger charge is -2.37. The van der Waals surface area contributed by atoms with Gasteiger partial charge in [-0.15, -0.1) is 0 Å². The van der Waals surface area contributed by atoms with Crippen molar-refractivity contribution in [2.45, 2.75) is 25.3 Å². The molecular formula is C13H17BrFN3O. The molecule has 1 heterocycles. The number of benzene rings is 1. The van der Waals surface area contributed by atoms with Crippen molar-refractivity contribution in [1.29, 1.82) is 0 Å². The molecule has 1 aromatic rings. The van der Waals surface area contributed by atoms with E-state index in [4.69, 9.17) is 5.73 Å². The van der Waals surface area contributed by atoms with Gasteiger partial charge in [0.1, 0.15) is 11.9 Å². The number of carbonyl (C=O) groups is 1. The molecule has 104 valence electrons. The Morgan fingerprint density at radius 1 is 1.53 bits per heavy atom. The summed E-state index contributed by atoms with van der Waals surface area (Å²) < 4.78 is 13.8. The van der Waals surface area contributed by atoms with Crippen LogP contribution in [0, 0.1) is 5.82 Å². The number of likely N-dealkylation sites (N-methyl/N-ethyl adjacent to an activating group) is 1. The number of hydrogen-bond donors (Lipinski definition) is 2. The molecule has 0 aromatic heterocycles. The Morgan fingerprint density at radius 3 is 2.95 bits per heavy atom. The monoisotopic (exact) mass is 329 g/mol. The van der Waals surface area contributed by atoms with Gasteiger partial charge in [-0.2, -0.15) is 0 Å². The van der Waals surface area contributed by atoms with Crippen molar-refractivity contribution < 1.29 is 9.18 Å². The van der Waals surface area contributed by atoms with Gasteiger partial charge < -0.3 is 16.0 Å². The Morgan fingerprint density at radius 2 is 2.26 bits per heavy atom. The summed E-state index contributed by atoms with van der Waals surface area (Å²) in [6, 6.07) is 2.69. The minimum atomic E-state index is -0.394. The van der Waals surface area contributed by atoms with Crippen LogP contribution in [0.1, 0.15) is 19.3 Å². The van der Waals surface area contributed by atoms with Gasteiger partial charge in [-0.25, -0.2) is 4.39 Å². The number of hydrogen-bond acceptors (Lipinski definition) is 3. The number of carbonyl (C=O) groups excluding carboxylic acids is 1. The smallest absolute Gasteiger partial charge is 0.242 e. The number of amides is 1. The molecule has 6 heteroatoms. The molecule has 1 fully saturated rings. The van der Waals surface area contributed by atoms with Gasteiger partial charge in [-0.3, -0.25) is 4.79 Å². The highest BCUT2D eigenvalue weighted by Crippen LogP contribution is 2.33. The first-order chi connectivity index (χ1) is 9.04. The molecule has 0 bridgehead atoms. The van der Waals surface area contributed by atoms with Gasteiger partial charge in [-0.05, 0) is 41.3 Å². The van der Waals surface area contributed by atoms with E-state index < -0.39 is 5.82 Å². The van der Waals surface area contributed by atoms with Crippen LogP contribution in [0.3, 0.4) is 0 Å². The molecule has 1 aliphatic heterocycles. The Labute approximate surface area is 120 Å². The summed E-state index contributed by atoms with van der Waals surface area (Å²) in [6.07, 6.45) is 2.80. The number of nitrogen functional groups attached to an aromatic ring is 1. The van der Waals surface area contributed by atoms with E-state index in [-0.39, 0.29) is 11.9 Å². The van der Waals surface area contributed by atoms with Crippen LogP contribution in [0.15, 0.2) is 16.6 Å². The van der Waals surface area contributed by atoms with Crippen LogP contribution in [-0.2, 0) is 4.79 Å². The van der Waals surface area contributed by atoms with Crippen LogP contribution in [0.2, 0.25) is 0 Å². The number of halogens is 2. The molecule has 1 amide bonds. The molecule has 0 saturated carbocycles. The number of nitrogens with two attached hydrogens (primary N) is 1. The third-order valence-electron chi connectivity index (χ3n) is 3.43. The predicted octanol–water partition coefficient (Wildman–Crippen LogP) is 2.28. The fourth-order valence-electron chi connectivity index (χ4n) is 2.46. The number of piperidine rings is 1. The van der Waals surface area contributed by atoms with Crippen molar-refractivity contribution in [3.05, 3.63) is 22.4 Å². The number of nitrogens with zero attached hydrogens (tertiary/aromatic N) is 1. The zero-order chi connectivity index (χ0) is 14.0. The fraction of sp³-hybridized carbons (Fsp3) is 0.462. The van der Waals surface area contributed by atoms with Crippen LogP contribution >= 0.6 is 15.9 Å². The van der Waals surface area contributed by atoms with Gasteiger partial charge in [0.15, 0.2) is 0 Å². The zero-order valence-electron chi connectivity index (χ0n) is 10.7. The first kappa shape index (κ1) is 14.1. The summed E-state index contributed by atoms with van der Waals surface area (Å²) in [5.41, 5.74) is 6.96. The van der Waals surface area contributed by atoms with E-state index in [1.54, 1.807) is 13.1 Å². The molecule has 0 spiro atoms. The molecule has 3 N–H and O–H groups in total. The van der Waals surface area contributed by atoms with Crippen LogP contribution in [-0.4, -0.2) is 25.5 Å². The maximum Gasteiger partial charge on any atom is 0.242 e. The van der Waals surface area contributed by atoms with E-state index in [1.807, 2.05) is 4.90 Å². The molecule has 1 unspecified atom stereocenters. The van der Waals surface area contributed by atoms with Crippen molar-refractivity contribution in [2.24, 2.45) is 0 Å². The van der Waals surface area contributed by atoms with E-state index >= 15 is 0 Å². The summed E-state index contributed by atoms with van der Waals surface area (Å²) in [6.45, 7) is 0.750. The molecule has 2 rings (SSSR count). The van der Waals surface area contributed by atoms with Crippen LogP contribution < -0.4 is 16.0 Å². The van der Waals surface area contributed by atoms with Crippen molar-refractivity contribution in [3.8, 4) is 0 Å². The topological polar surface area (TPSA) is 58.4 Å². The van der Waals surface area contributed by atoms with Crippen molar-refractivity contribution >= 4 is 33.2 Å². The molecule has 4 nitrogen and oxygen atoms in total. The normalized spacial score (nSPS) is 19.3. The lowest BCUT2D eigenvalue weighted by molar-refractivity contribution is -0.122. The molecule has 0 aliphatic carbocycles. The zero-order valence-corrected chi connectivity index (χ0v) is 12.3. The van der Waals surface area contributed by atoms with Crippen LogP contribution in [0.4, 0.5) is 15.8 Å². The van der Waals surface area contributed by atoms with Gasteiger partial charge in [0, 0.05) is 19.7 Å². The second-order valence-electron chi connectivity index (χ2n) is 4.64. The quantitative estimate of drug-likeness (QED) is 0.818. The Balaban J connectivity index is 2.37. The third kappa shape index (κ3) is 2.83. The minimum Gasteiger partial charge on any atom is -0.397 e. The SMILES string of the molecule is CNC(=O)C1CCCCN1c1cc(Br)c(F)cc1N. The van der Waals surface area contributed by atoms with E-state index in [1.165, 1.54) is 6.07 Å². The molecule has 1 aromatic carbocycles. The highest BCUT2D eigenvalue weighted by molar-refractivity contribution is 9.10. The number of anilines is 2. The predicted molar refractivity (Wildman–Crippen MR) is 77.6 cm³/mol. The summed E-state index contributed by atoms with van der Waals surface area (Å²) in [5.74, 6) is -0.422. The maximum atomic E-state index is 13.4. The first-order valence-corrected chi connectivity index (χ1v) is 7.06. The number of nitrogens with one attached hydrogen (secondary N) is 1. The molecule has 0 radical (unpaired) electrons. The third-order valence-corrected chi connectivity index (χ3v) is 4.04. The highest BCUT2D eigenvalue weighted by Gasteiger charge is 2.29. The number of rotatable bonds is 2. The van der Waals surface area contributed by atoms with Crippen LogP contribution in [0.25, 0.3) is 0 Å². The van der Waals surface area contributed by atoms with E-state index in [0.717, 1.165) is 25.8 Å². The summed E-state index contributed by atoms with van der Waals surface area (Å²) in [5, 5.41) is 2.67.